The van der Waals surface area contributed by atoms with Gasteiger partial charge in [0.25, 0.3) is 0 Å². The molecule has 0 saturated heterocycles. The Kier molecular flexibility index (Phi) is 6.09. The number of aryl methyl sites for hydroxylation is 2. The average molecular weight is 312 g/mol. The Morgan fingerprint density at radius 1 is 1.17 bits per heavy atom. The lowest BCUT2D eigenvalue weighted by Crippen LogP contribution is -2.17. The first-order valence-electron chi connectivity index (χ1n) is 7.89. The Bertz CT molecular complexity index is 638. The average Bonchev–Trinajstić information content (AvgIpc) is 2.53. The fraction of sp³-hybridized carbons (Fsp3) is 0.389. The van der Waals surface area contributed by atoms with Gasteiger partial charge < -0.3 is 10.2 Å². The molecule has 0 aliphatic heterocycles. The minimum Gasteiger partial charge on any atom is -0.361 e. The molecule has 0 bridgehead atoms. The maximum absolute atomic E-state index is 12.1. The number of carbonyl (C=O) groups excluding carboxylic acids is 1. The van der Waals surface area contributed by atoms with Crippen LogP contribution >= 0.6 is 0 Å². The van der Waals surface area contributed by atoms with Crippen molar-refractivity contribution < 1.29 is 4.79 Å². The van der Waals surface area contributed by atoms with Gasteiger partial charge in [-0.15, -0.1) is 0 Å². The second-order valence-corrected chi connectivity index (χ2v) is 5.90. The smallest absolute Gasteiger partial charge is 0.224 e. The maximum atomic E-state index is 12.1. The minimum absolute atomic E-state index is 0.00630. The summed E-state index contributed by atoms with van der Waals surface area (Å²) in [4.78, 5) is 22.1. The third-order valence-corrected chi connectivity index (χ3v) is 3.63. The van der Waals surface area contributed by atoms with E-state index in [0.29, 0.717) is 17.9 Å². The molecular formula is C18H24N4O. The fourth-order valence-electron chi connectivity index (χ4n) is 2.35. The van der Waals surface area contributed by atoms with E-state index in [1.807, 2.05) is 19.0 Å². The summed E-state index contributed by atoms with van der Waals surface area (Å²) in [5.41, 5.74) is 3.25. The number of amides is 1. The number of carbonyl (C=O) groups is 1. The number of anilines is 2. The van der Waals surface area contributed by atoms with Gasteiger partial charge in [0.2, 0.25) is 5.91 Å². The van der Waals surface area contributed by atoms with Gasteiger partial charge in [-0.2, -0.15) is 0 Å². The van der Waals surface area contributed by atoms with E-state index in [9.17, 15) is 4.79 Å². The summed E-state index contributed by atoms with van der Waals surface area (Å²) in [6, 6.07) is 8.56. The summed E-state index contributed by atoms with van der Waals surface area (Å²) in [6.07, 6.45) is 6.49. The summed E-state index contributed by atoms with van der Waals surface area (Å²) >= 11 is 0. The van der Waals surface area contributed by atoms with E-state index in [1.165, 1.54) is 17.5 Å². The Morgan fingerprint density at radius 2 is 1.91 bits per heavy atom. The van der Waals surface area contributed by atoms with E-state index < -0.39 is 0 Å². The lowest BCUT2D eigenvalue weighted by atomic mass is 10.1. The molecule has 0 aliphatic carbocycles. The van der Waals surface area contributed by atoms with Crippen LogP contribution in [0.1, 0.15) is 30.4 Å². The summed E-state index contributed by atoms with van der Waals surface area (Å²) < 4.78 is 0. The van der Waals surface area contributed by atoms with Gasteiger partial charge in [-0.1, -0.05) is 29.8 Å². The topological polar surface area (TPSA) is 58.1 Å². The molecule has 0 fully saturated rings. The lowest BCUT2D eigenvalue weighted by molar-refractivity contribution is -0.116. The number of unbranched alkanes of at least 4 members (excludes halogenated alkanes) is 1. The predicted molar refractivity (Wildman–Crippen MR) is 93.7 cm³/mol. The molecular weight excluding hydrogens is 288 g/mol. The quantitative estimate of drug-likeness (QED) is 0.798. The second-order valence-electron chi connectivity index (χ2n) is 5.90. The molecule has 1 aromatic carbocycles. The van der Waals surface area contributed by atoms with Crippen molar-refractivity contribution >= 4 is 17.4 Å². The van der Waals surface area contributed by atoms with Gasteiger partial charge in [-0.3, -0.25) is 4.79 Å². The van der Waals surface area contributed by atoms with Crippen LogP contribution in [0.15, 0.2) is 36.8 Å². The van der Waals surface area contributed by atoms with E-state index in [-0.39, 0.29) is 5.91 Å². The predicted octanol–water partition coefficient (Wildman–Crippen LogP) is 3.20. The molecule has 1 N–H and O–H groups in total. The van der Waals surface area contributed by atoms with Crippen LogP contribution in [0.3, 0.4) is 0 Å². The highest BCUT2D eigenvalue weighted by atomic mass is 16.1. The zero-order chi connectivity index (χ0) is 16.7. The number of nitrogens with zero attached hydrogens (tertiary/aromatic N) is 3. The van der Waals surface area contributed by atoms with E-state index in [0.717, 1.165) is 19.3 Å². The van der Waals surface area contributed by atoms with Crippen molar-refractivity contribution in [2.75, 3.05) is 24.3 Å². The molecule has 1 amide bonds. The van der Waals surface area contributed by atoms with Gasteiger partial charge in [0, 0.05) is 20.5 Å². The molecule has 5 heteroatoms. The highest BCUT2D eigenvalue weighted by Gasteiger charge is 2.09. The highest BCUT2D eigenvalue weighted by molar-refractivity contribution is 5.93. The molecule has 5 nitrogen and oxygen atoms in total. The van der Waals surface area contributed by atoms with Crippen molar-refractivity contribution in [1.82, 2.24) is 9.97 Å². The van der Waals surface area contributed by atoms with Crippen LogP contribution in [0.4, 0.5) is 11.5 Å². The molecule has 0 aliphatic rings. The van der Waals surface area contributed by atoms with Gasteiger partial charge in [-0.05, 0) is 31.7 Å². The summed E-state index contributed by atoms with van der Waals surface area (Å²) in [6.45, 7) is 2.09. The maximum Gasteiger partial charge on any atom is 0.224 e. The number of hydrogen-bond acceptors (Lipinski definition) is 4. The van der Waals surface area contributed by atoms with Crippen LogP contribution in [0, 0.1) is 6.92 Å². The fourth-order valence-corrected chi connectivity index (χ4v) is 2.35. The van der Waals surface area contributed by atoms with E-state index in [4.69, 9.17) is 0 Å². The summed E-state index contributed by atoms with van der Waals surface area (Å²) in [5, 5.41) is 2.89. The molecule has 2 aromatic rings. The van der Waals surface area contributed by atoms with Crippen LogP contribution in [0.2, 0.25) is 0 Å². The monoisotopic (exact) mass is 312 g/mol. The SMILES string of the molecule is Cc1ccc(CCCCC(=O)Nc2cncnc2N(C)C)cc1. The Labute approximate surface area is 137 Å². The van der Waals surface area contributed by atoms with Crippen LogP contribution < -0.4 is 10.2 Å². The van der Waals surface area contributed by atoms with E-state index in [2.05, 4.69) is 46.5 Å². The molecule has 122 valence electrons. The van der Waals surface area contributed by atoms with Crippen LogP contribution in [0.5, 0.6) is 0 Å². The molecule has 0 saturated carbocycles. The van der Waals surface area contributed by atoms with Crippen molar-refractivity contribution in [3.05, 3.63) is 47.9 Å². The van der Waals surface area contributed by atoms with Crippen molar-refractivity contribution in [3.63, 3.8) is 0 Å². The standard InChI is InChI=1S/C18H24N4O/c1-14-8-10-15(11-9-14)6-4-5-7-17(23)21-16-12-19-13-20-18(16)22(2)3/h8-13H,4-7H2,1-3H3,(H,21,23). The molecule has 0 unspecified atom stereocenters. The molecule has 23 heavy (non-hydrogen) atoms. The molecule has 2 rings (SSSR count). The Hall–Kier alpha value is -2.43. The number of rotatable bonds is 7. The first-order chi connectivity index (χ1) is 11.1. The number of aromatic nitrogens is 2. The molecule has 0 spiro atoms. The lowest BCUT2D eigenvalue weighted by Gasteiger charge is -2.15. The largest absolute Gasteiger partial charge is 0.361 e. The van der Waals surface area contributed by atoms with Crippen molar-refractivity contribution in [1.29, 1.82) is 0 Å². The van der Waals surface area contributed by atoms with Gasteiger partial charge in [0.1, 0.15) is 12.0 Å². The van der Waals surface area contributed by atoms with Crippen molar-refractivity contribution in [2.24, 2.45) is 0 Å². The second kappa shape index (κ2) is 8.27. The normalized spacial score (nSPS) is 10.4. The molecule has 0 radical (unpaired) electrons. The third kappa shape index (κ3) is 5.36. The highest BCUT2D eigenvalue weighted by Crippen LogP contribution is 2.19. The Morgan fingerprint density at radius 3 is 2.61 bits per heavy atom. The first kappa shape index (κ1) is 16.9. The van der Waals surface area contributed by atoms with Crippen LogP contribution in [-0.4, -0.2) is 30.0 Å². The Balaban J connectivity index is 1.76. The number of benzene rings is 1. The zero-order valence-electron chi connectivity index (χ0n) is 14.0. The van der Waals surface area contributed by atoms with Gasteiger partial charge >= 0.3 is 0 Å². The van der Waals surface area contributed by atoms with Gasteiger partial charge in [-0.25, -0.2) is 9.97 Å². The van der Waals surface area contributed by atoms with E-state index in [1.54, 1.807) is 6.20 Å². The first-order valence-corrected chi connectivity index (χ1v) is 7.89. The summed E-state index contributed by atoms with van der Waals surface area (Å²) in [7, 11) is 3.78. The molecule has 1 heterocycles. The van der Waals surface area contributed by atoms with Crippen LogP contribution in [0.25, 0.3) is 0 Å². The van der Waals surface area contributed by atoms with Gasteiger partial charge in [0.05, 0.1) is 6.20 Å². The van der Waals surface area contributed by atoms with E-state index >= 15 is 0 Å². The molecule has 1 aromatic heterocycles. The minimum atomic E-state index is 0.00630. The zero-order valence-corrected chi connectivity index (χ0v) is 14.0. The number of hydrogen-bond donors (Lipinski definition) is 1. The third-order valence-electron chi connectivity index (χ3n) is 3.63. The van der Waals surface area contributed by atoms with Gasteiger partial charge in [0.15, 0.2) is 5.82 Å². The van der Waals surface area contributed by atoms with Crippen molar-refractivity contribution in [2.45, 2.75) is 32.6 Å². The van der Waals surface area contributed by atoms with Crippen molar-refractivity contribution in [3.8, 4) is 0 Å². The molecule has 0 atom stereocenters. The number of nitrogens with one attached hydrogen (secondary N) is 1. The summed E-state index contributed by atoms with van der Waals surface area (Å²) in [5.74, 6) is 0.722. The van der Waals surface area contributed by atoms with Crippen LogP contribution in [-0.2, 0) is 11.2 Å².